The van der Waals surface area contributed by atoms with Crippen molar-refractivity contribution >= 4 is 39.1 Å². The van der Waals surface area contributed by atoms with E-state index in [1.54, 1.807) is 24.3 Å². The second-order valence-electron chi connectivity index (χ2n) is 11.1. The molecule has 0 radical (unpaired) electrons. The largest absolute Gasteiger partial charge is 0.354 e. The molecule has 4 aromatic carbocycles. The summed E-state index contributed by atoms with van der Waals surface area (Å²) < 4.78 is 29.3. The van der Waals surface area contributed by atoms with Gasteiger partial charge in [-0.1, -0.05) is 97.2 Å². The number of sulfonamides is 1. The first kappa shape index (κ1) is 33.7. The van der Waals surface area contributed by atoms with Crippen molar-refractivity contribution in [2.24, 2.45) is 0 Å². The molecule has 45 heavy (non-hydrogen) atoms. The van der Waals surface area contributed by atoms with E-state index in [2.05, 4.69) is 5.32 Å². The average Bonchev–Trinajstić information content (AvgIpc) is 3.03. The second-order valence-corrected chi connectivity index (χ2v) is 13.4. The van der Waals surface area contributed by atoms with Gasteiger partial charge in [0.2, 0.25) is 11.8 Å². The molecule has 1 unspecified atom stereocenters. The zero-order valence-electron chi connectivity index (χ0n) is 25.9. The molecule has 0 aliphatic rings. The van der Waals surface area contributed by atoms with E-state index in [0.717, 1.165) is 39.4 Å². The van der Waals surface area contributed by atoms with E-state index in [0.29, 0.717) is 17.3 Å². The molecule has 1 atom stereocenters. The third-order valence-electron chi connectivity index (χ3n) is 7.71. The number of aryl methyl sites for hydroxylation is 2. The number of hydrogen-bond acceptors (Lipinski definition) is 4. The molecule has 0 saturated heterocycles. The third kappa shape index (κ3) is 8.96. The van der Waals surface area contributed by atoms with Crippen LogP contribution in [0.25, 0.3) is 0 Å². The highest BCUT2D eigenvalue weighted by molar-refractivity contribution is 7.92. The van der Waals surface area contributed by atoms with Gasteiger partial charge in [-0.05, 0) is 73.4 Å². The summed E-state index contributed by atoms with van der Waals surface area (Å²) in [6, 6.07) is 29.2. The predicted octanol–water partition coefficient (Wildman–Crippen LogP) is 6.71. The highest BCUT2D eigenvalue weighted by Crippen LogP contribution is 2.26. The quantitative estimate of drug-likeness (QED) is 0.155. The first-order valence-electron chi connectivity index (χ1n) is 15.1. The number of anilines is 1. The van der Waals surface area contributed by atoms with Gasteiger partial charge >= 0.3 is 0 Å². The fraction of sp³-hybridized carbons (Fsp3) is 0.278. The Bertz CT molecular complexity index is 1680. The van der Waals surface area contributed by atoms with Crippen LogP contribution in [0.1, 0.15) is 42.0 Å². The first-order chi connectivity index (χ1) is 21.6. The number of nitrogens with zero attached hydrogens (tertiary/aromatic N) is 2. The molecule has 1 N–H and O–H groups in total. The summed E-state index contributed by atoms with van der Waals surface area (Å²) in [5, 5.41) is 3.41. The highest BCUT2D eigenvalue weighted by Gasteiger charge is 2.34. The van der Waals surface area contributed by atoms with Crippen LogP contribution >= 0.6 is 11.6 Å². The van der Waals surface area contributed by atoms with Gasteiger partial charge in [-0.2, -0.15) is 0 Å². The number of halogens is 1. The molecule has 0 saturated carbocycles. The molecular formula is C36H40ClN3O4S. The summed E-state index contributed by atoms with van der Waals surface area (Å²) in [6.07, 6.45) is 1.98. The highest BCUT2D eigenvalue weighted by atomic mass is 35.5. The van der Waals surface area contributed by atoms with Crippen molar-refractivity contribution in [3.63, 3.8) is 0 Å². The molecule has 0 bridgehead atoms. The fourth-order valence-electron chi connectivity index (χ4n) is 5.00. The van der Waals surface area contributed by atoms with E-state index in [-0.39, 0.29) is 23.8 Å². The van der Waals surface area contributed by atoms with Crippen molar-refractivity contribution in [1.82, 2.24) is 10.2 Å². The number of nitrogens with one attached hydrogen (secondary N) is 1. The summed E-state index contributed by atoms with van der Waals surface area (Å²) in [4.78, 5) is 29.9. The Morgan fingerprint density at radius 1 is 0.844 bits per heavy atom. The maximum Gasteiger partial charge on any atom is 0.264 e. The third-order valence-corrected chi connectivity index (χ3v) is 9.75. The Labute approximate surface area is 271 Å². The summed E-state index contributed by atoms with van der Waals surface area (Å²) in [7, 11) is -4.19. The Kier molecular flexibility index (Phi) is 11.8. The molecule has 0 aliphatic heterocycles. The number of amides is 2. The summed E-state index contributed by atoms with van der Waals surface area (Å²) in [5.74, 6) is -0.778. The van der Waals surface area contributed by atoms with Gasteiger partial charge < -0.3 is 10.2 Å². The lowest BCUT2D eigenvalue weighted by molar-refractivity contribution is -0.140. The normalized spacial score (nSPS) is 11.9. The topological polar surface area (TPSA) is 86.8 Å². The molecule has 9 heteroatoms. The molecule has 4 aromatic rings. The van der Waals surface area contributed by atoms with E-state index in [1.807, 2.05) is 75.4 Å². The molecular weight excluding hydrogens is 606 g/mol. The van der Waals surface area contributed by atoms with Gasteiger partial charge in [-0.3, -0.25) is 13.9 Å². The molecule has 2 amide bonds. The molecule has 0 spiro atoms. The van der Waals surface area contributed by atoms with Crippen molar-refractivity contribution in [3.8, 4) is 0 Å². The standard InChI is InChI=1S/C36H40ClN3O4S/c1-4-5-23-38-36(42)34(24-29-12-7-6-8-13-29)39(25-30-14-10-9-11-28(30)3)35(41)26-40(32-19-15-27(2)16-20-32)45(43,44)33-21-17-31(37)18-22-33/h6-22,34H,4-5,23-26H2,1-3H3,(H,38,42). The van der Waals surface area contributed by atoms with E-state index >= 15 is 0 Å². The predicted molar refractivity (Wildman–Crippen MR) is 181 cm³/mol. The molecule has 7 nitrogen and oxygen atoms in total. The minimum Gasteiger partial charge on any atom is -0.354 e. The maximum absolute atomic E-state index is 14.5. The van der Waals surface area contributed by atoms with Crippen molar-refractivity contribution < 1.29 is 18.0 Å². The van der Waals surface area contributed by atoms with Gasteiger partial charge in [0, 0.05) is 24.5 Å². The number of hydrogen-bond donors (Lipinski definition) is 1. The fourth-order valence-corrected chi connectivity index (χ4v) is 6.54. The monoisotopic (exact) mass is 645 g/mol. The Hall–Kier alpha value is -4.14. The van der Waals surface area contributed by atoms with Crippen LogP contribution < -0.4 is 9.62 Å². The van der Waals surface area contributed by atoms with Crippen molar-refractivity contribution in [2.75, 3.05) is 17.4 Å². The van der Waals surface area contributed by atoms with Crippen LogP contribution in [0.5, 0.6) is 0 Å². The zero-order chi connectivity index (χ0) is 32.4. The molecule has 0 fully saturated rings. The number of benzene rings is 4. The number of rotatable bonds is 14. The minimum atomic E-state index is -4.19. The van der Waals surface area contributed by atoms with Gasteiger partial charge in [0.15, 0.2) is 0 Å². The lowest BCUT2D eigenvalue weighted by Gasteiger charge is -2.34. The number of unbranched alkanes of at least 4 members (excludes halogenated alkanes) is 1. The molecule has 0 aromatic heterocycles. The number of carbonyl (C=O) groups excluding carboxylic acids is 2. The van der Waals surface area contributed by atoms with Crippen LogP contribution in [0.2, 0.25) is 5.02 Å². The van der Waals surface area contributed by atoms with Crippen LogP contribution in [0.4, 0.5) is 5.69 Å². The van der Waals surface area contributed by atoms with E-state index in [1.165, 1.54) is 29.2 Å². The van der Waals surface area contributed by atoms with Crippen molar-refractivity contribution in [2.45, 2.75) is 57.5 Å². The van der Waals surface area contributed by atoms with Crippen molar-refractivity contribution in [3.05, 3.63) is 130 Å². The Morgan fingerprint density at radius 3 is 2.13 bits per heavy atom. The van der Waals surface area contributed by atoms with Gasteiger partial charge in [0.1, 0.15) is 12.6 Å². The van der Waals surface area contributed by atoms with Crippen molar-refractivity contribution in [1.29, 1.82) is 0 Å². The van der Waals surface area contributed by atoms with E-state index in [4.69, 9.17) is 11.6 Å². The van der Waals surface area contributed by atoms with Crippen LogP contribution in [0, 0.1) is 13.8 Å². The summed E-state index contributed by atoms with van der Waals surface area (Å²) in [5.41, 5.74) is 4.01. The SMILES string of the molecule is CCCCNC(=O)C(Cc1ccccc1)N(Cc1ccccc1C)C(=O)CN(c1ccc(C)cc1)S(=O)(=O)c1ccc(Cl)cc1. The summed E-state index contributed by atoms with van der Waals surface area (Å²) in [6.45, 7) is 6.01. The van der Waals surface area contributed by atoms with Crippen LogP contribution in [0.3, 0.4) is 0 Å². The summed E-state index contributed by atoms with van der Waals surface area (Å²) >= 11 is 6.06. The van der Waals surface area contributed by atoms with Gasteiger partial charge in [-0.15, -0.1) is 0 Å². The molecule has 4 rings (SSSR count). The average molecular weight is 646 g/mol. The minimum absolute atomic E-state index is 0.00359. The lowest BCUT2D eigenvalue weighted by atomic mass is 10.0. The second kappa shape index (κ2) is 15.7. The number of carbonyl (C=O) groups is 2. The molecule has 0 aliphatic carbocycles. The Balaban J connectivity index is 1.79. The van der Waals surface area contributed by atoms with E-state index < -0.39 is 28.5 Å². The van der Waals surface area contributed by atoms with Crippen LogP contribution in [-0.2, 0) is 32.6 Å². The molecule has 236 valence electrons. The van der Waals surface area contributed by atoms with Gasteiger partial charge in [0.05, 0.1) is 10.6 Å². The lowest BCUT2D eigenvalue weighted by Crippen LogP contribution is -2.53. The van der Waals surface area contributed by atoms with Crippen LogP contribution in [-0.4, -0.2) is 44.3 Å². The van der Waals surface area contributed by atoms with Gasteiger partial charge in [0.25, 0.3) is 10.0 Å². The van der Waals surface area contributed by atoms with Gasteiger partial charge in [-0.25, -0.2) is 8.42 Å². The molecule has 0 heterocycles. The Morgan fingerprint density at radius 2 is 1.49 bits per heavy atom. The smallest absolute Gasteiger partial charge is 0.264 e. The van der Waals surface area contributed by atoms with E-state index in [9.17, 15) is 18.0 Å². The zero-order valence-corrected chi connectivity index (χ0v) is 27.5. The maximum atomic E-state index is 14.5. The first-order valence-corrected chi connectivity index (χ1v) is 16.9. The van der Waals surface area contributed by atoms with Crippen LogP contribution in [0.15, 0.2) is 108 Å².